The molecule has 3 rings (SSSR count). The van der Waals surface area contributed by atoms with E-state index in [9.17, 15) is 14.4 Å². The molecule has 8 heteroatoms. The summed E-state index contributed by atoms with van der Waals surface area (Å²) in [7, 11) is 0. The van der Waals surface area contributed by atoms with Gasteiger partial charge in [-0.1, -0.05) is 13.8 Å². The Morgan fingerprint density at radius 1 is 1.25 bits per heavy atom. The van der Waals surface area contributed by atoms with Gasteiger partial charge >= 0.3 is 0 Å². The number of anilines is 1. The minimum atomic E-state index is -0.464. The topological polar surface area (TPSA) is 105 Å². The second kappa shape index (κ2) is 9.05. The number of nitrogens with zero attached hydrogens (tertiary/aromatic N) is 1. The third kappa shape index (κ3) is 4.91. The Labute approximate surface area is 170 Å². The van der Waals surface area contributed by atoms with Crippen molar-refractivity contribution in [1.29, 1.82) is 0 Å². The van der Waals surface area contributed by atoms with Gasteiger partial charge < -0.3 is 16.4 Å². The van der Waals surface area contributed by atoms with Crippen LogP contribution in [0.25, 0.3) is 0 Å². The number of hydrogen-bond acceptors (Lipinski definition) is 5. The molecule has 1 aliphatic heterocycles. The molecule has 0 spiro atoms. The molecule has 0 bridgehead atoms. The lowest BCUT2D eigenvalue weighted by molar-refractivity contribution is -0.124. The summed E-state index contributed by atoms with van der Waals surface area (Å²) < 4.78 is 0. The van der Waals surface area contributed by atoms with Crippen molar-refractivity contribution in [2.24, 2.45) is 17.6 Å². The summed E-state index contributed by atoms with van der Waals surface area (Å²) >= 11 is 1.48. The van der Waals surface area contributed by atoms with Gasteiger partial charge in [0.1, 0.15) is 5.00 Å². The van der Waals surface area contributed by atoms with E-state index in [2.05, 4.69) is 15.5 Å². The average Bonchev–Trinajstić information content (AvgIpc) is 3.19. The first kappa shape index (κ1) is 20.8. The van der Waals surface area contributed by atoms with Crippen LogP contribution in [0, 0.1) is 11.8 Å². The lowest BCUT2D eigenvalue weighted by Crippen LogP contribution is -2.44. The molecule has 2 aliphatic rings. The molecule has 1 aliphatic carbocycles. The van der Waals surface area contributed by atoms with Crippen molar-refractivity contribution in [3.8, 4) is 0 Å². The van der Waals surface area contributed by atoms with Crippen molar-refractivity contribution in [3.05, 3.63) is 16.0 Å². The van der Waals surface area contributed by atoms with E-state index >= 15 is 0 Å². The monoisotopic (exact) mass is 406 g/mol. The van der Waals surface area contributed by atoms with Crippen molar-refractivity contribution < 1.29 is 14.4 Å². The molecule has 0 saturated carbocycles. The number of aryl methyl sites for hydroxylation is 1. The minimum Gasteiger partial charge on any atom is -0.365 e. The largest absolute Gasteiger partial charge is 0.365 e. The zero-order valence-corrected chi connectivity index (χ0v) is 17.5. The van der Waals surface area contributed by atoms with E-state index in [0.717, 1.165) is 50.8 Å². The zero-order valence-electron chi connectivity index (χ0n) is 16.7. The van der Waals surface area contributed by atoms with Crippen LogP contribution in [0.3, 0.4) is 0 Å². The normalized spacial score (nSPS) is 19.5. The number of fused-ring (bicyclic) bond motifs is 1. The van der Waals surface area contributed by atoms with E-state index in [1.165, 1.54) is 16.2 Å². The summed E-state index contributed by atoms with van der Waals surface area (Å²) in [5.74, 6) is -0.171. The van der Waals surface area contributed by atoms with E-state index in [1.807, 2.05) is 13.8 Å². The Balaban J connectivity index is 1.54. The molecule has 0 radical (unpaired) electrons. The predicted molar refractivity (Wildman–Crippen MR) is 111 cm³/mol. The molecular weight excluding hydrogens is 376 g/mol. The Bertz CT molecular complexity index is 759. The van der Waals surface area contributed by atoms with Crippen molar-refractivity contribution in [2.75, 3.05) is 31.5 Å². The molecule has 1 aromatic rings. The number of amides is 3. The van der Waals surface area contributed by atoms with Crippen LogP contribution in [-0.4, -0.2) is 48.8 Å². The van der Waals surface area contributed by atoms with Gasteiger partial charge in [-0.2, -0.15) is 0 Å². The Kier molecular flexibility index (Phi) is 6.72. The van der Waals surface area contributed by atoms with Crippen molar-refractivity contribution in [2.45, 2.75) is 46.0 Å². The highest BCUT2D eigenvalue weighted by Crippen LogP contribution is 2.38. The van der Waals surface area contributed by atoms with Gasteiger partial charge in [0.25, 0.3) is 5.91 Å². The highest BCUT2D eigenvalue weighted by molar-refractivity contribution is 7.17. The number of nitrogens with one attached hydrogen (secondary N) is 2. The molecule has 0 aromatic carbocycles. The highest BCUT2D eigenvalue weighted by atomic mass is 32.1. The Hall–Kier alpha value is -1.93. The van der Waals surface area contributed by atoms with Crippen LogP contribution in [0.15, 0.2) is 0 Å². The molecule has 1 saturated heterocycles. The zero-order chi connectivity index (χ0) is 20.3. The van der Waals surface area contributed by atoms with Gasteiger partial charge in [0, 0.05) is 23.9 Å². The maximum atomic E-state index is 12.6. The summed E-state index contributed by atoms with van der Waals surface area (Å²) in [6.07, 6.45) is 4.91. The maximum absolute atomic E-state index is 12.6. The summed E-state index contributed by atoms with van der Waals surface area (Å²) in [4.78, 5) is 39.5. The maximum Gasteiger partial charge on any atom is 0.251 e. The van der Waals surface area contributed by atoms with Gasteiger partial charge in [-0.15, -0.1) is 11.3 Å². The number of carbonyl (C=O) groups excluding carboxylic acids is 3. The van der Waals surface area contributed by atoms with E-state index in [1.54, 1.807) is 0 Å². The van der Waals surface area contributed by atoms with Crippen LogP contribution < -0.4 is 16.4 Å². The van der Waals surface area contributed by atoms with Crippen LogP contribution >= 0.6 is 11.3 Å². The standard InChI is InChI=1S/C20H30N4O3S/c1-12(2)19(27)22-9-13-5-4-8-24(10-13)11-16(25)23-20-17(18(21)26)14-6-3-7-15(14)28-20/h12-13H,3-11H2,1-2H3,(H2,21,26)(H,22,27)(H,23,25). The van der Waals surface area contributed by atoms with E-state index in [-0.39, 0.29) is 24.3 Å². The molecular formula is C20H30N4O3S. The third-order valence-electron chi connectivity index (χ3n) is 5.48. The lowest BCUT2D eigenvalue weighted by Gasteiger charge is -2.32. The summed E-state index contributed by atoms with van der Waals surface area (Å²) in [6, 6.07) is 0. The van der Waals surface area contributed by atoms with Crippen molar-refractivity contribution >= 4 is 34.1 Å². The fraction of sp³-hybridized carbons (Fsp3) is 0.650. The Morgan fingerprint density at radius 3 is 2.75 bits per heavy atom. The number of likely N-dealkylation sites (tertiary alicyclic amines) is 1. The fourth-order valence-electron chi connectivity index (χ4n) is 4.03. The highest BCUT2D eigenvalue weighted by Gasteiger charge is 2.27. The lowest BCUT2D eigenvalue weighted by atomic mass is 9.97. The number of piperidine rings is 1. The fourth-order valence-corrected chi connectivity index (χ4v) is 5.34. The third-order valence-corrected chi connectivity index (χ3v) is 6.69. The van der Waals surface area contributed by atoms with E-state index < -0.39 is 5.91 Å². The van der Waals surface area contributed by atoms with E-state index in [0.29, 0.717) is 23.0 Å². The quantitative estimate of drug-likeness (QED) is 0.642. The van der Waals surface area contributed by atoms with Gasteiger partial charge in [0.05, 0.1) is 12.1 Å². The first-order valence-electron chi connectivity index (χ1n) is 10.1. The number of hydrogen-bond donors (Lipinski definition) is 3. The molecule has 4 N–H and O–H groups in total. The molecule has 2 heterocycles. The predicted octanol–water partition coefficient (Wildman–Crippen LogP) is 1.76. The van der Waals surface area contributed by atoms with Crippen LogP contribution in [0.2, 0.25) is 0 Å². The number of rotatable bonds is 7. The molecule has 1 fully saturated rings. The summed E-state index contributed by atoms with van der Waals surface area (Å²) in [5.41, 5.74) is 7.08. The minimum absolute atomic E-state index is 0.0163. The molecule has 1 aromatic heterocycles. The molecule has 3 amide bonds. The molecule has 1 unspecified atom stereocenters. The van der Waals surface area contributed by atoms with Crippen molar-refractivity contribution in [3.63, 3.8) is 0 Å². The summed E-state index contributed by atoms with van der Waals surface area (Å²) in [6.45, 7) is 6.36. The van der Waals surface area contributed by atoms with Crippen LogP contribution in [-0.2, 0) is 22.4 Å². The van der Waals surface area contributed by atoms with Crippen LogP contribution in [0.4, 0.5) is 5.00 Å². The first-order chi connectivity index (χ1) is 13.3. The SMILES string of the molecule is CC(C)C(=O)NCC1CCCN(CC(=O)Nc2sc3c(c2C(N)=O)CCC3)C1. The second-order valence-corrected chi connectivity index (χ2v) is 9.22. The molecule has 7 nitrogen and oxygen atoms in total. The van der Waals surface area contributed by atoms with Crippen LogP contribution in [0.5, 0.6) is 0 Å². The van der Waals surface area contributed by atoms with Gasteiger partial charge in [-0.3, -0.25) is 19.3 Å². The molecule has 1 atom stereocenters. The van der Waals surface area contributed by atoms with Gasteiger partial charge in [0.2, 0.25) is 11.8 Å². The number of carbonyl (C=O) groups is 3. The summed E-state index contributed by atoms with van der Waals surface area (Å²) in [5, 5.41) is 6.50. The Morgan fingerprint density at radius 2 is 2.04 bits per heavy atom. The van der Waals surface area contributed by atoms with E-state index in [4.69, 9.17) is 5.73 Å². The average molecular weight is 407 g/mol. The molecule has 28 heavy (non-hydrogen) atoms. The van der Waals surface area contributed by atoms with Crippen molar-refractivity contribution in [1.82, 2.24) is 10.2 Å². The van der Waals surface area contributed by atoms with Gasteiger partial charge in [0.15, 0.2) is 0 Å². The number of nitrogens with two attached hydrogens (primary N) is 1. The van der Waals surface area contributed by atoms with Gasteiger partial charge in [-0.25, -0.2) is 0 Å². The smallest absolute Gasteiger partial charge is 0.251 e. The van der Waals surface area contributed by atoms with Crippen LogP contribution in [0.1, 0.15) is 53.9 Å². The number of primary amides is 1. The number of thiophene rings is 1. The molecule has 154 valence electrons. The first-order valence-corrected chi connectivity index (χ1v) is 10.9. The second-order valence-electron chi connectivity index (χ2n) is 8.12. The van der Waals surface area contributed by atoms with Gasteiger partial charge in [-0.05, 0) is 50.1 Å².